The van der Waals surface area contributed by atoms with E-state index in [0.29, 0.717) is 30.2 Å². The summed E-state index contributed by atoms with van der Waals surface area (Å²) in [6.45, 7) is 1.99. The first-order chi connectivity index (χ1) is 16.3. The number of rotatable bonds is 7. The molecule has 0 fully saturated rings. The van der Waals surface area contributed by atoms with Gasteiger partial charge in [0.1, 0.15) is 11.6 Å². The van der Waals surface area contributed by atoms with Crippen molar-refractivity contribution in [3.8, 4) is 11.3 Å². The van der Waals surface area contributed by atoms with Crippen LogP contribution in [0, 0.1) is 11.6 Å². The van der Waals surface area contributed by atoms with Gasteiger partial charge in [0.05, 0.1) is 22.6 Å². The second kappa shape index (κ2) is 10.4. The molecule has 0 radical (unpaired) electrons. The third-order valence-electron chi connectivity index (χ3n) is 5.72. The van der Waals surface area contributed by atoms with Gasteiger partial charge < -0.3 is 15.1 Å². The highest BCUT2D eigenvalue weighted by Crippen LogP contribution is 2.31. The molecule has 9 heteroatoms. The van der Waals surface area contributed by atoms with Crippen molar-refractivity contribution < 1.29 is 13.6 Å². The van der Waals surface area contributed by atoms with Gasteiger partial charge in [-0.1, -0.05) is 23.7 Å². The second-order valence-corrected chi connectivity index (χ2v) is 8.89. The molecule has 1 aliphatic rings. The van der Waals surface area contributed by atoms with Gasteiger partial charge in [0.25, 0.3) is 5.91 Å². The molecule has 0 saturated carbocycles. The number of halogens is 3. The lowest BCUT2D eigenvalue weighted by atomic mass is 10.1. The number of nitrogens with zero attached hydrogens (tertiary/aromatic N) is 4. The van der Waals surface area contributed by atoms with Crippen LogP contribution in [0.15, 0.2) is 42.6 Å². The summed E-state index contributed by atoms with van der Waals surface area (Å²) >= 11 is 6.05. The van der Waals surface area contributed by atoms with E-state index in [4.69, 9.17) is 16.6 Å². The number of nitrogens with one attached hydrogen (secondary N) is 1. The average molecular weight is 486 g/mol. The quantitative estimate of drug-likeness (QED) is 0.505. The molecule has 1 aromatic heterocycles. The van der Waals surface area contributed by atoms with Crippen molar-refractivity contribution in [1.29, 1.82) is 0 Å². The minimum absolute atomic E-state index is 0.0852. The van der Waals surface area contributed by atoms with Crippen LogP contribution < -0.4 is 10.2 Å². The van der Waals surface area contributed by atoms with Crippen molar-refractivity contribution in [1.82, 2.24) is 20.2 Å². The second-order valence-electron chi connectivity index (χ2n) is 8.51. The number of carbonyl (C=O) groups excluding carboxylic acids is 1. The smallest absolute Gasteiger partial charge is 0.251 e. The molecule has 0 saturated heterocycles. The SMILES string of the molecule is CN(C)CCNC(=O)c1cccc(-c2cnc3c(n2)N(Cc2c(F)ccc(F)c2Cl)CCC3)c1. The summed E-state index contributed by atoms with van der Waals surface area (Å²) in [5.74, 6) is -0.761. The first-order valence-corrected chi connectivity index (χ1v) is 11.5. The van der Waals surface area contributed by atoms with Crippen LogP contribution in [0.3, 0.4) is 0 Å². The summed E-state index contributed by atoms with van der Waals surface area (Å²) in [4.78, 5) is 25.8. The molecule has 3 aromatic rings. The van der Waals surface area contributed by atoms with E-state index in [9.17, 15) is 13.6 Å². The van der Waals surface area contributed by atoms with Crippen LogP contribution in [0.4, 0.5) is 14.6 Å². The summed E-state index contributed by atoms with van der Waals surface area (Å²) in [7, 11) is 3.89. The lowest BCUT2D eigenvalue weighted by molar-refractivity contribution is 0.0951. The number of hydrogen-bond acceptors (Lipinski definition) is 5. The minimum Gasteiger partial charge on any atom is -0.351 e. The lowest BCUT2D eigenvalue weighted by Gasteiger charge is -2.30. The van der Waals surface area contributed by atoms with Crippen LogP contribution >= 0.6 is 11.6 Å². The van der Waals surface area contributed by atoms with E-state index in [1.807, 2.05) is 30.0 Å². The topological polar surface area (TPSA) is 61.4 Å². The Balaban J connectivity index is 1.60. The predicted octanol–water partition coefficient (Wildman–Crippen LogP) is 4.32. The Kier molecular flexibility index (Phi) is 7.38. The van der Waals surface area contributed by atoms with E-state index < -0.39 is 11.6 Å². The molecule has 1 amide bonds. The van der Waals surface area contributed by atoms with Crippen molar-refractivity contribution in [2.45, 2.75) is 19.4 Å². The van der Waals surface area contributed by atoms with E-state index in [2.05, 4.69) is 10.3 Å². The van der Waals surface area contributed by atoms with Crippen LogP contribution in [0.5, 0.6) is 0 Å². The molecule has 178 valence electrons. The Bertz CT molecular complexity index is 1200. The number of carbonyl (C=O) groups is 1. The molecule has 0 atom stereocenters. The minimum atomic E-state index is -0.657. The Morgan fingerprint density at radius 3 is 2.79 bits per heavy atom. The number of anilines is 1. The maximum absolute atomic E-state index is 14.4. The monoisotopic (exact) mass is 485 g/mol. The highest BCUT2D eigenvalue weighted by atomic mass is 35.5. The standard InChI is InChI=1S/C25H26ClF2N5O/c1-32(2)12-10-29-25(34)17-6-3-5-16(13-17)22-14-30-21-7-4-11-33(24(21)31-22)15-18-19(27)8-9-20(28)23(18)26/h3,5-6,8-9,13-14H,4,7,10-12,15H2,1-2H3,(H,29,34). The molecule has 2 heterocycles. The van der Waals surface area contributed by atoms with Crippen molar-refractivity contribution >= 4 is 23.3 Å². The first kappa shape index (κ1) is 24.0. The van der Waals surface area contributed by atoms with Crippen molar-refractivity contribution in [2.75, 3.05) is 38.6 Å². The fourth-order valence-corrected chi connectivity index (χ4v) is 4.10. The van der Waals surface area contributed by atoms with Gasteiger partial charge in [-0.05, 0) is 51.2 Å². The summed E-state index contributed by atoms with van der Waals surface area (Å²) in [5.41, 5.74) is 2.76. The Morgan fingerprint density at radius 2 is 2.00 bits per heavy atom. The van der Waals surface area contributed by atoms with E-state index in [0.717, 1.165) is 42.8 Å². The molecule has 0 spiro atoms. The average Bonchev–Trinajstić information content (AvgIpc) is 2.84. The zero-order valence-corrected chi connectivity index (χ0v) is 19.9. The van der Waals surface area contributed by atoms with E-state index in [1.165, 1.54) is 0 Å². The molecule has 34 heavy (non-hydrogen) atoms. The fourth-order valence-electron chi connectivity index (χ4n) is 3.89. The number of fused-ring (bicyclic) bond motifs is 1. The summed E-state index contributed by atoms with van der Waals surface area (Å²) in [5, 5.41) is 2.69. The number of likely N-dealkylation sites (N-methyl/N-ethyl adjacent to an activating group) is 1. The number of amides is 1. The number of aromatic nitrogens is 2. The molecule has 4 rings (SSSR count). The van der Waals surface area contributed by atoms with Gasteiger partial charge >= 0.3 is 0 Å². The van der Waals surface area contributed by atoms with Crippen LogP contribution in [-0.2, 0) is 13.0 Å². The normalized spacial score (nSPS) is 13.2. The van der Waals surface area contributed by atoms with Gasteiger partial charge in [0.2, 0.25) is 0 Å². The molecule has 0 bridgehead atoms. The van der Waals surface area contributed by atoms with Gasteiger partial charge in [0.15, 0.2) is 5.82 Å². The van der Waals surface area contributed by atoms with Crippen LogP contribution in [0.25, 0.3) is 11.3 Å². The van der Waals surface area contributed by atoms with E-state index in [1.54, 1.807) is 24.4 Å². The van der Waals surface area contributed by atoms with Crippen LogP contribution in [0.1, 0.15) is 28.0 Å². The fraction of sp³-hybridized carbons (Fsp3) is 0.320. The highest BCUT2D eigenvalue weighted by molar-refractivity contribution is 6.31. The molecule has 0 aliphatic carbocycles. The molecule has 2 aromatic carbocycles. The number of hydrogen-bond donors (Lipinski definition) is 1. The third kappa shape index (κ3) is 5.34. The Labute approximate surface area is 202 Å². The van der Waals surface area contributed by atoms with Crippen molar-refractivity contribution in [3.05, 3.63) is 76.1 Å². The van der Waals surface area contributed by atoms with Gasteiger partial charge in [-0.15, -0.1) is 0 Å². The Hall–Kier alpha value is -3.10. The van der Waals surface area contributed by atoms with E-state index in [-0.39, 0.29) is 23.0 Å². The zero-order chi connectivity index (χ0) is 24.2. The van der Waals surface area contributed by atoms with Crippen LogP contribution in [-0.4, -0.2) is 54.5 Å². The Morgan fingerprint density at radius 1 is 1.21 bits per heavy atom. The molecule has 0 unspecified atom stereocenters. The van der Waals surface area contributed by atoms with Gasteiger partial charge in [-0.25, -0.2) is 13.8 Å². The first-order valence-electron chi connectivity index (χ1n) is 11.1. The van der Waals surface area contributed by atoms with Crippen molar-refractivity contribution in [3.63, 3.8) is 0 Å². The van der Waals surface area contributed by atoms with Crippen molar-refractivity contribution in [2.24, 2.45) is 0 Å². The maximum Gasteiger partial charge on any atom is 0.251 e. The van der Waals surface area contributed by atoms with Gasteiger partial charge in [-0.3, -0.25) is 9.78 Å². The molecular formula is C25H26ClF2N5O. The molecule has 1 N–H and O–H groups in total. The highest BCUT2D eigenvalue weighted by Gasteiger charge is 2.24. The summed E-state index contributed by atoms with van der Waals surface area (Å²) < 4.78 is 28.3. The molecule has 1 aliphatic heterocycles. The largest absolute Gasteiger partial charge is 0.351 e. The van der Waals surface area contributed by atoms with Gasteiger partial charge in [-0.2, -0.15) is 0 Å². The zero-order valence-electron chi connectivity index (χ0n) is 19.1. The van der Waals surface area contributed by atoms with Gasteiger partial charge in [0, 0.05) is 42.9 Å². The maximum atomic E-state index is 14.4. The lowest BCUT2D eigenvalue weighted by Crippen LogP contribution is -2.31. The van der Waals surface area contributed by atoms with Crippen LogP contribution in [0.2, 0.25) is 5.02 Å². The van der Waals surface area contributed by atoms with E-state index >= 15 is 0 Å². The summed E-state index contributed by atoms with van der Waals surface area (Å²) in [6.07, 6.45) is 3.24. The molecule has 6 nitrogen and oxygen atoms in total. The number of aryl methyl sites for hydroxylation is 1. The summed E-state index contributed by atoms with van der Waals surface area (Å²) in [6, 6.07) is 9.30. The number of benzene rings is 2. The predicted molar refractivity (Wildman–Crippen MR) is 129 cm³/mol. The third-order valence-corrected chi connectivity index (χ3v) is 6.13. The molecular weight excluding hydrogens is 460 g/mol.